The van der Waals surface area contributed by atoms with Crippen LogP contribution in [0, 0.1) is 0 Å². The average molecular weight is 998 g/mol. The molecule has 0 aromatic heterocycles. The van der Waals surface area contributed by atoms with Crippen molar-refractivity contribution in [2.75, 3.05) is 13.2 Å². The van der Waals surface area contributed by atoms with Crippen molar-refractivity contribution in [3.63, 3.8) is 0 Å². The molecule has 71 heavy (non-hydrogen) atoms. The van der Waals surface area contributed by atoms with E-state index in [4.69, 9.17) is 14.2 Å². The summed E-state index contributed by atoms with van der Waals surface area (Å²) in [6, 6.07) is -1.04. The van der Waals surface area contributed by atoms with Crippen molar-refractivity contribution in [1.82, 2.24) is 5.32 Å². The van der Waals surface area contributed by atoms with Crippen LogP contribution < -0.4 is 5.32 Å². The first-order valence-electron chi connectivity index (χ1n) is 28.4. The normalized spacial score (nSPS) is 20.3. The van der Waals surface area contributed by atoms with E-state index in [2.05, 4.69) is 80.8 Å². The van der Waals surface area contributed by atoms with Gasteiger partial charge in [0.15, 0.2) is 12.4 Å². The summed E-state index contributed by atoms with van der Waals surface area (Å²) in [6.07, 6.45) is 50.5. The molecule has 0 bridgehead atoms. The molecule has 1 amide bonds. The standard InChI is InChI=1S/C60H103NO10/c1-4-7-10-13-16-19-22-25-26-27-30-32-35-38-41-44-47-53(64)59(68)61-51(52(63)46-43-40-37-34-31-28-23-20-17-14-11-8-5-2)50-69-60-58(57(67)56(66)54(49-62)70-60)71-55(65)48-45-42-39-36-33-29-24-21-18-15-12-9-6-3/h9,12,15-16,18-19,21,24-26,30,32,43,46,51-54,56-58,60,62-64,66-67H,4-8,10-11,13-14,17,20,22-23,27-29,31,33-42,44-45,47-50H2,1-3H3,(H,61,68)/b12-9+,18-15+,19-16-,24-21-,26-25-,32-30-,46-43+. The third-order valence-electron chi connectivity index (χ3n) is 12.8. The first-order chi connectivity index (χ1) is 34.7. The van der Waals surface area contributed by atoms with Gasteiger partial charge in [0.1, 0.15) is 24.4 Å². The molecule has 0 spiro atoms. The van der Waals surface area contributed by atoms with Gasteiger partial charge in [-0.15, -0.1) is 0 Å². The van der Waals surface area contributed by atoms with E-state index in [1.807, 2.05) is 24.3 Å². The second-order valence-electron chi connectivity index (χ2n) is 19.3. The van der Waals surface area contributed by atoms with Crippen LogP contribution in [0.4, 0.5) is 0 Å². The van der Waals surface area contributed by atoms with E-state index in [9.17, 15) is 35.1 Å². The fourth-order valence-electron chi connectivity index (χ4n) is 8.30. The molecule has 8 unspecified atom stereocenters. The monoisotopic (exact) mass is 998 g/mol. The Morgan fingerprint density at radius 2 is 1.07 bits per heavy atom. The summed E-state index contributed by atoms with van der Waals surface area (Å²) in [5.41, 5.74) is 0. The molecule has 408 valence electrons. The number of carbonyl (C=O) groups is 2. The summed E-state index contributed by atoms with van der Waals surface area (Å²) in [5.74, 6) is -1.24. The second-order valence-corrected chi connectivity index (χ2v) is 19.3. The number of hydrogen-bond donors (Lipinski definition) is 6. The lowest BCUT2D eigenvalue weighted by atomic mass is 9.99. The van der Waals surface area contributed by atoms with Crippen LogP contribution in [0.15, 0.2) is 85.1 Å². The van der Waals surface area contributed by atoms with E-state index >= 15 is 0 Å². The Balaban J connectivity index is 2.79. The molecule has 0 aromatic rings. The van der Waals surface area contributed by atoms with Crippen LogP contribution in [0.3, 0.4) is 0 Å². The number of carbonyl (C=O) groups excluding carboxylic acids is 2. The van der Waals surface area contributed by atoms with Gasteiger partial charge in [-0.2, -0.15) is 0 Å². The van der Waals surface area contributed by atoms with Gasteiger partial charge in [0.2, 0.25) is 5.91 Å². The number of nitrogens with one attached hydrogen (secondary N) is 1. The largest absolute Gasteiger partial charge is 0.454 e. The van der Waals surface area contributed by atoms with E-state index in [-0.39, 0.29) is 19.4 Å². The Kier molecular flexibility index (Phi) is 44.4. The zero-order chi connectivity index (χ0) is 51.8. The van der Waals surface area contributed by atoms with Gasteiger partial charge in [0, 0.05) is 6.42 Å². The molecular formula is C60H103NO10. The number of amides is 1. The molecule has 1 aliphatic heterocycles. The molecule has 1 aliphatic rings. The molecule has 11 nitrogen and oxygen atoms in total. The highest BCUT2D eigenvalue weighted by Crippen LogP contribution is 2.26. The maximum Gasteiger partial charge on any atom is 0.306 e. The summed E-state index contributed by atoms with van der Waals surface area (Å²) >= 11 is 0. The van der Waals surface area contributed by atoms with Gasteiger partial charge in [-0.25, -0.2) is 0 Å². The zero-order valence-corrected chi connectivity index (χ0v) is 44.8. The fourth-order valence-corrected chi connectivity index (χ4v) is 8.30. The molecule has 0 aliphatic carbocycles. The highest BCUT2D eigenvalue weighted by atomic mass is 16.7. The van der Waals surface area contributed by atoms with Crippen LogP contribution in [-0.2, 0) is 23.8 Å². The van der Waals surface area contributed by atoms with Gasteiger partial charge in [-0.05, 0) is 83.5 Å². The minimum Gasteiger partial charge on any atom is -0.454 e. The molecule has 6 N–H and O–H groups in total. The Labute approximate surface area is 432 Å². The molecule has 1 rings (SSSR count). The molecule has 1 saturated heterocycles. The SMILES string of the molecule is CC/C=C/C=C/C=C\CCCCCCCC(=O)OC1C(OCC(NC(=O)C(O)CCCCC/C=C\C/C=C\C/C=C\CCCCC)C(O)/C=C/CCCCCCCCCCCCC)OC(CO)C(O)C1O. The summed E-state index contributed by atoms with van der Waals surface area (Å²) in [6.45, 7) is 5.58. The van der Waals surface area contributed by atoms with Crippen molar-refractivity contribution >= 4 is 11.9 Å². The van der Waals surface area contributed by atoms with Gasteiger partial charge in [-0.3, -0.25) is 9.59 Å². The number of esters is 1. The van der Waals surface area contributed by atoms with Crippen molar-refractivity contribution in [3.8, 4) is 0 Å². The van der Waals surface area contributed by atoms with Crippen LogP contribution in [0.2, 0.25) is 0 Å². The van der Waals surface area contributed by atoms with Crippen LogP contribution >= 0.6 is 0 Å². The molecule has 11 heteroatoms. The number of allylic oxidation sites excluding steroid dienone is 13. The number of unbranched alkanes of at least 4 members (excludes halogenated alkanes) is 22. The molecule has 0 aromatic carbocycles. The lowest BCUT2D eigenvalue weighted by Crippen LogP contribution is -2.61. The predicted molar refractivity (Wildman–Crippen MR) is 292 cm³/mol. The number of rotatable bonds is 46. The van der Waals surface area contributed by atoms with E-state index in [0.717, 1.165) is 96.3 Å². The average Bonchev–Trinajstić information content (AvgIpc) is 3.37. The summed E-state index contributed by atoms with van der Waals surface area (Å²) in [7, 11) is 0. The van der Waals surface area contributed by atoms with Gasteiger partial charge in [0.25, 0.3) is 0 Å². The Morgan fingerprint density at radius 1 is 0.577 bits per heavy atom. The minimum atomic E-state index is -1.63. The third kappa shape index (κ3) is 36.4. The lowest BCUT2D eigenvalue weighted by Gasteiger charge is -2.41. The van der Waals surface area contributed by atoms with E-state index in [1.165, 1.54) is 77.0 Å². The number of aliphatic hydroxyl groups is 5. The highest BCUT2D eigenvalue weighted by Gasteiger charge is 2.47. The number of ether oxygens (including phenoxy) is 3. The summed E-state index contributed by atoms with van der Waals surface area (Å²) < 4.78 is 17.5. The molecule has 1 heterocycles. The van der Waals surface area contributed by atoms with Gasteiger partial charge < -0.3 is 45.1 Å². The van der Waals surface area contributed by atoms with Crippen LogP contribution in [0.1, 0.15) is 220 Å². The molecule has 0 radical (unpaired) electrons. The van der Waals surface area contributed by atoms with Gasteiger partial charge >= 0.3 is 5.97 Å². The van der Waals surface area contributed by atoms with Crippen molar-refractivity contribution in [2.45, 2.75) is 269 Å². The topological polar surface area (TPSA) is 175 Å². The Hall–Kier alpha value is -3.16. The summed E-state index contributed by atoms with van der Waals surface area (Å²) in [5, 5.41) is 56.8. The number of hydrogen-bond acceptors (Lipinski definition) is 10. The number of aliphatic hydroxyl groups excluding tert-OH is 5. The molecule has 1 fully saturated rings. The zero-order valence-electron chi connectivity index (χ0n) is 44.8. The van der Waals surface area contributed by atoms with Crippen LogP contribution in [0.5, 0.6) is 0 Å². The van der Waals surface area contributed by atoms with Gasteiger partial charge in [-0.1, -0.05) is 215 Å². The van der Waals surface area contributed by atoms with Crippen LogP contribution in [-0.4, -0.2) is 99.6 Å². The molecule has 8 atom stereocenters. The molecular weight excluding hydrogens is 895 g/mol. The van der Waals surface area contributed by atoms with Gasteiger partial charge in [0.05, 0.1) is 25.4 Å². The van der Waals surface area contributed by atoms with Crippen molar-refractivity contribution in [3.05, 3.63) is 85.1 Å². The smallest absolute Gasteiger partial charge is 0.306 e. The fraction of sp³-hybridized carbons (Fsp3) is 0.733. The lowest BCUT2D eigenvalue weighted by molar-refractivity contribution is -0.305. The highest BCUT2D eigenvalue weighted by molar-refractivity contribution is 5.80. The first kappa shape index (κ1) is 65.9. The quantitative estimate of drug-likeness (QED) is 0.0149. The van der Waals surface area contributed by atoms with E-state index in [1.54, 1.807) is 6.08 Å². The summed E-state index contributed by atoms with van der Waals surface area (Å²) in [4.78, 5) is 26.4. The minimum absolute atomic E-state index is 0.0938. The third-order valence-corrected chi connectivity index (χ3v) is 12.8. The van der Waals surface area contributed by atoms with E-state index in [0.29, 0.717) is 12.8 Å². The molecule has 0 saturated carbocycles. The maximum atomic E-state index is 13.4. The van der Waals surface area contributed by atoms with Crippen molar-refractivity contribution < 1.29 is 49.3 Å². The Morgan fingerprint density at radius 3 is 1.66 bits per heavy atom. The van der Waals surface area contributed by atoms with E-state index < -0.39 is 67.4 Å². The Bertz CT molecular complexity index is 1470. The van der Waals surface area contributed by atoms with Crippen molar-refractivity contribution in [1.29, 1.82) is 0 Å². The second kappa shape index (κ2) is 47.8. The van der Waals surface area contributed by atoms with Crippen molar-refractivity contribution in [2.24, 2.45) is 0 Å². The predicted octanol–water partition coefficient (Wildman–Crippen LogP) is 12.6. The first-order valence-corrected chi connectivity index (χ1v) is 28.4. The van der Waals surface area contributed by atoms with Crippen LogP contribution in [0.25, 0.3) is 0 Å². The maximum absolute atomic E-state index is 13.4.